The lowest BCUT2D eigenvalue weighted by molar-refractivity contribution is 0.454. The molecule has 0 aliphatic carbocycles. The van der Waals surface area contributed by atoms with Gasteiger partial charge in [-0.2, -0.15) is 0 Å². The lowest BCUT2D eigenvalue weighted by atomic mass is 10.2. The van der Waals surface area contributed by atoms with Crippen LogP contribution in [0.3, 0.4) is 0 Å². The molecule has 0 aliphatic heterocycles. The highest BCUT2D eigenvalue weighted by Gasteiger charge is 2.13. The van der Waals surface area contributed by atoms with Crippen LogP contribution in [0.25, 0.3) is 16.4 Å². The summed E-state index contributed by atoms with van der Waals surface area (Å²) in [7, 11) is 0. The van der Waals surface area contributed by atoms with Gasteiger partial charge in [0.2, 0.25) is 11.5 Å². The van der Waals surface area contributed by atoms with Crippen molar-refractivity contribution in [1.82, 2.24) is 25.3 Å². The van der Waals surface area contributed by atoms with E-state index in [9.17, 15) is 0 Å². The van der Waals surface area contributed by atoms with Gasteiger partial charge in [0.15, 0.2) is 0 Å². The summed E-state index contributed by atoms with van der Waals surface area (Å²) in [6, 6.07) is 12.5. The maximum Gasteiger partial charge on any atom is 0.247 e. The van der Waals surface area contributed by atoms with Gasteiger partial charge in [-0.15, -0.1) is 14.8 Å². The van der Waals surface area contributed by atoms with Crippen LogP contribution in [0.15, 0.2) is 42.5 Å². The van der Waals surface area contributed by atoms with Crippen molar-refractivity contribution in [2.45, 2.75) is 0 Å². The zero-order chi connectivity index (χ0) is 15.1. The SMILES string of the molecule is Clc1cc(Cl)cc(Oc2nn3nnnc3c3ccccc23)c1. The monoisotopic (exact) mass is 331 g/mol. The topological polar surface area (TPSA) is 65.2 Å². The molecule has 0 saturated carbocycles. The Hall–Kier alpha value is -2.44. The van der Waals surface area contributed by atoms with E-state index < -0.39 is 0 Å². The summed E-state index contributed by atoms with van der Waals surface area (Å²) in [5.74, 6) is 0.858. The van der Waals surface area contributed by atoms with E-state index in [4.69, 9.17) is 27.9 Å². The van der Waals surface area contributed by atoms with Gasteiger partial charge in [-0.25, -0.2) is 0 Å². The lowest BCUT2D eigenvalue weighted by Crippen LogP contribution is -1.99. The molecule has 2 heterocycles. The van der Waals surface area contributed by atoms with E-state index in [0.29, 0.717) is 27.3 Å². The number of halogens is 2. The van der Waals surface area contributed by atoms with Crippen LogP contribution in [0.2, 0.25) is 10.0 Å². The molecule has 6 nitrogen and oxygen atoms in total. The number of hydrogen-bond donors (Lipinski definition) is 0. The fourth-order valence-corrected chi connectivity index (χ4v) is 2.70. The molecule has 22 heavy (non-hydrogen) atoms. The summed E-state index contributed by atoms with van der Waals surface area (Å²) in [5, 5.41) is 18.3. The van der Waals surface area contributed by atoms with Gasteiger partial charge in [0, 0.05) is 20.8 Å². The molecule has 2 aromatic carbocycles. The van der Waals surface area contributed by atoms with Crippen LogP contribution in [-0.4, -0.2) is 25.3 Å². The Labute approximate surface area is 134 Å². The van der Waals surface area contributed by atoms with Crippen LogP contribution in [0.1, 0.15) is 0 Å². The minimum absolute atomic E-state index is 0.369. The maximum atomic E-state index is 5.99. The van der Waals surface area contributed by atoms with Gasteiger partial charge in [-0.1, -0.05) is 41.4 Å². The van der Waals surface area contributed by atoms with E-state index in [1.807, 2.05) is 24.3 Å². The van der Waals surface area contributed by atoms with Crippen molar-refractivity contribution in [3.05, 3.63) is 52.5 Å². The minimum Gasteiger partial charge on any atom is -0.437 e. The highest BCUT2D eigenvalue weighted by molar-refractivity contribution is 6.34. The van der Waals surface area contributed by atoms with Crippen molar-refractivity contribution in [2.24, 2.45) is 0 Å². The number of ether oxygens (including phenoxy) is 1. The summed E-state index contributed by atoms with van der Waals surface area (Å²) in [6.07, 6.45) is 0. The van der Waals surface area contributed by atoms with Crippen LogP contribution in [0.5, 0.6) is 11.6 Å². The lowest BCUT2D eigenvalue weighted by Gasteiger charge is -2.08. The summed E-state index contributed by atoms with van der Waals surface area (Å²) >= 11 is 12.0. The number of fused-ring (bicyclic) bond motifs is 3. The van der Waals surface area contributed by atoms with Gasteiger partial charge in [-0.3, -0.25) is 0 Å². The molecule has 0 fully saturated rings. The Kier molecular flexibility index (Phi) is 3.06. The van der Waals surface area contributed by atoms with Gasteiger partial charge in [0.25, 0.3) is 0 Å². The predicted molar refractivity (Wildman–Crippen MR) is 82.6 cm³/mol. The zero-order valence-corrected chi connectivity index (χ0v) is 12.5. The van der Waals surface area contributed by atoms with Gasteiger partial charge in [0.1, 0.15) is 5.75 Å². The predicted octanol–water partition coefficient (Wildman–Crippen LogP) is 3.77. The molecule has 0 spiro atoms. The Morgan fingerprint density at radius 1 is 0.955 bits per heavy atom. The first-order chi connectivity index (χ1) is 10.7. The van der Waals surface area contributed by atoms with E-state index in [-0.39, 0.29) is 0 Å². The van der Waals surface area contributed by atoms with Crippen LogP contribution in [0, 0.1) is 0 Å². The average molecular weight is 332 g/mol. The second kappa shape index (κ2) is 5.08. The number of benzene rings is 2. The molecule has 2 aromatic heterocycles. The molecular weight excluding hydrogens is 325 g/mol. The van der Waals surface area contributed by atoms with Crippen LogP contribution in [-0.2, 0) is 0 Å². The highest BCUT2D eigenvalue weighted by Crippen LogP contribution is 2.32. The number of hydrogen-bond acceptors (Lipinski definition) is 5. The molecule has 0 radical (unpaired) electrons. The van der Waals surface area contributed by atoms with Crippen molar-refractivity contribution in [3.63, 3.8) is 0 Å². The van der Waals surface area contributed by atoms with Crippen molar-refractivity contribution < 1.29 is 4.74 Å². The third-order valence-corrected chi connectivity index (χ3v) is 3.52. The molecule has 0 atom stereocenters. The van der Waals surface area contributed by atoms with Gasteiger partial charge in [-0.05, 0) is 34.7 Å². The first kappa shape index (κ1) is 13.2. The number of aromatic nitrogens is 5. The Bertz CT molecular complexity index is 981. The van der Waals surface area contributed by atoms with Gasteiger partial charge in [0.05, 0.1) is 0 Å². The van der Waals surface area contributed by atoms with Gasteiger partial charge < -0.3 is 4.74 Å². The molecule has 0 saturated heterocycles. The minimum atomic E-state index is 0.369. The Morgan fingerprint density at radius 3 is 2.45 bits per heavy atom. The largest absolute Gasteiger partial charge is 0.437 e. The van der Waals surface area contributed by atoms with E-state index >= 15 is 0 Å². The molecule has 0 amide bonds. The first-order valence-electron chi connectivity index (χ1n) is 6.32. The summed E-state index contributed by atoms with van der Waals surface area (Å²) in [4.78, 5) is 0. The second-order valence-corrected chi connectivity index (χ2v) is 5.42. The smallest absolute Gasteiger partial charge is 0.247 e. The standard InChI is InChI=1S/C14H7Cl2N5O/c15-8-5-9(16)7-10(6-8)22-14-12-4-2-1-3-11(12)13-17-19-20-21(13)18-14/h1-7H. The fraction of sp³-hybridized carbons (Fsp3) is 0. The second-order valence-electron chi connectivity index (χ2n) is 4.55. The summed E-state index contributed by atoms with van der Waals surface area (Å²) in [6.45, 7) is 0. The molecule has 0 bridgehead atoms. The molecule has 8 heteroatoms. The van der Waals surface area contributed by atoms with Crippen molar-refractivity contribution in [3.8, 4) is 11.6 Å². The summed E-state index contributed by atoms with van der Waals surface area (Å²) in [5.41, 5.74) is 0.562. The first-order valence-corrected chi connectivity index (χ1v) is 7.07. The molecule has 0 aliphatic rings. The van der Waals surface area contributed by atoms with E-state index in [0.717, 1.165) is 10.8 Å². The molecule has 4 rings (SSSR count). The third-order valence-electron chi connectivity index (χ3n) is 3.09. The van der Waals surface area contributed by atoms with Crippen molar-refractivity contribution >= 4 is 39.6 Å². The third kappa shape index (κ3) is 2.22. The van der Waals surface area contributed by atoms with Crippen LogP contribution in [0.4, 0.5) is 0 Å². The van der Waals surface area contributed by atoms with Crippen LogP contribution >= 0.6 is 23.2 Å². The molecular formula is C14H7Cl2N5O. The van der Waals surface area contributed by atoms with E-state index in [2.05, 4.69) is 20.6 Å². The molecule has 0 N–H and O–H groups in total. The van der Waals surface area contributed by atoms with Crippen molar-refractivity contribution in [1.29, 1.82) is 0 Å². The molecule has 108 valence electrons. The van der Waals surface area contributed by atoms with Crippen molar-refractivity contribution in [2.75, 3.05) is 0 Å². The van der Waals surface area contributed by atoms with E-state index in [1.165, 1.54) is 4.63 Å². The number of nitrogens with zero attached hydrogens (tertiary/aromatic N) is 5. The van der Waals surface area contributed by atoms with Gasteiger partial charge >= 0.3 is 0 Å². The van der Waals surface area contributed by atoms with E-state index in [1.54, 1.807) is 18.2 Å². The number of rotatable bonds is 2. The average Bonchev–Trinajstić information content (AvgIpc) is 2.95. The Balaban J connectivity index is 1.92. The quantitative estimate of drug-likeness (QED) is 0.559. The molecule has 4 aromatic rings. The zero-order valence-electron chi connectivity index (χ0n) is 10.9. The molecule has 0 unspecified atom stereocenters. The highest BCUT2D eigenvalue weighted by atomic mass is 35.5. The normalized spacial score (nSPS) is 11.2. The maximum absolute atomic E-state index is 5.99. The summed E-state index contributed by atoms with van der Waals surface area (Å²) < 4.78 is 7.16. The fourth-order valence-electron chi connectivity index (χ4n) is 2.19. The Morgan fingerprint density at radius 2 is 1.68 bits per heavy atom. The number of tetrazole rings is 1. The van der Waals surface area contributed by atoms with Crippen LogP contribution < -0.4 is 4.74 Å².